The highest BCUT2D eigenvalue weighted by Crippen LogP contribution is 2.30. The van der Waals surface area contributed by atoms with E-state index in [2.05, 4.69) is 23.5 Å². The van der Waals surface area contributed by atoms with Crippen LogP contribution >= 0.6 is 0 Å². The SMILES string of the molecule is C=CCCCC1CCC1.[2H]C([2H])([2H])N(C(=N)N)N(CC(=O)O)/C(=N\C(=O)OCc1ccccc1)NC(=O)CCCCCC=C. The lowest BCUT2D eigenvalue weighted by Crippen LogP contribution is -2.57. The lowest BCUT2D eigenvalue weighted by Gasteiger charge is -2.32. The molecule has 11 nitrogen and oxygen atoms in total. The summed E-state index contributed by atoms with van der Waals surface area (Å²) in [5.41, 5.74) is 6.02. The maximum Gasteiger partial charge on any atom is 0.437 e. The van der Waals surface area contributed by atoms with E-state index < -0.39 is 43.4 Å². The lowest BCUT2D eigenvalue weighted by molar-refractivity contribution is -0.139. The fourth-order valence-electron chi connectivity index (χ4n) is 3.76. The quantitative estimate of drug-likeness (QED) is 0.0776. The molecule has 41 heavy (non-hydrogen) atoms. The predicted octanol–water partition coefficient (Wildman–Crippen LogP) is 5.20. The number of nitrogens with zero attached hydrogens (tertiary/aromatic N) is 3. The van der Waals surface area contributed by atoms with Gasteiger partial charge in [0.2, 0.25) is 17.8 Å². The molecule has 0 unspecified atom stereocenters. The van der Waals surface area contributed by atoms with Crippen LogP contribution in [0.25, 0.3) is 0 Å². The molecule has 2 rings (SSSR count). The molecule has 0 atom stereocenters. The molecule has 1 aromatic carbocycles. The fraction of sp³-hybridized carbons (Fsp3) is 0.500. The highest BCUT2D eigenvalue weighted by Gasteiger charge is 2.24. The number of rotatable bonds is 14. The van der Waals surface area contributed by atoms with E-state index in [1.165, 1.54) is 38.5 Å². The zero-order valence-corrected chi connectivity index (χ0v) is 23.7. The highest BCUT2D eigenvalue weighted by molar-refractivity contribution is 6.02. The Labute approximate surface area is 247 Å². The molecule has 11 heteroatoms. The van der Waals surface area contributed by atoms with E-state index in [0.717, 1.165) is 18.8 Å². The number of aliphatic imine (C=N–C) groups is 1. The number of amides is 2. The number of aliphatic carboxylic acids is 1. The zero-order valence-electron chi connectivity index (χ0n) is 26.7. The van der Waals surface area contributed by atoms with Gasteiger partial charge in [0.15, 0.2) is 0 Å². The molecule has 0 heterocycles. The average molecular weight is 574 g/mol. The third-order valence-corrected chi connectivity index (χ3v) is 6.21. The standard InChI is InChI=1S/C21H30N6O5.C9H16/c1-3-4-5-6-10-13-17(28)24-20(27(14-18(29)30)26(2)19(22)23)25-21(31)32-15-16-11-8-7-9-12-16;1-2-3-4-6-9-7-5-8-9/h3,7-9,11-12H,1,4-6,10,13-15H2,2H3,(H3,22,23)(H,29,30)(H,24,25,28,31);2,9H,1,3-8H2/i2D3;. The molecular weight excluding hydrogens is 524 g/mol. The van der Waals surface area contributed by atoms with Crippen LogP contribution in [-0.4, -0.2) is 58.5 Å². The molecule has 2 amide bonds. The minimum atomic E-state index is -3.13. The number of nitrogens with one attached hydrogen (secondary N) is 2. The zero-order chi connectivity index (χ0) is 33.0. The number of allylic oxidation sites excluding steroid dienone is 2. The molecule has 226 valence electrons. The Morgan fingerprint density at radius 3 is 2.41 bits per heavy atom. The first-order valence-corrected chi connectivity index (χ1v) is 13.8. The summed E-state index contributed by atoms with van der Waals surface area (Å²) in [6.07, 6.45) is 13.8. The largest absolute Gasteiger partial charge is 0.480 e. The van der Waals surface area contributed by atoms with E-state index in [-0.39, 0.29) is 18.0 Å². The summed E-state index contributed by atoms with van der Waals surface area (Å²) in [7, 11) is 0. The van der Waals surface area contributed by atoms with Crippen molar-refractivity contribution in [2.24, 2.45) is 16.6 Å². The number of carboxylic acids is 1. The third-order valence-electron chi connectivity index (χ3n) is 6.21. The number of carbonyl (C=O) groups excluding carboxylic acids is 2. The van der Waals surface area contributed by atoms with Gasteiger partial charge in [-0.25, -0.2) is 9.80 Å². The second-order valence-electron chi connectivity index (χ2n) is 9.58. The molecule has 1 aliphatic carbocycles. The lowest BCUT2D eigenvalue weighted by atomic mass is 9.82. The second-order valence-corrected chi connectivity index (χ2v) is 9.58. The minimum Gasteiger partial charge on any atom is -0.480 e. The van der Waals surface area contributed by atoms with Crippen LogP contribution in [-0.2, 0) is 20.9 Å². The first kappa shape index (κ1) is 29.8. The van der Waals surface area contributed by atoms with E-state index in [9.17, 15) is 19.5 Å². The van der Waals surface area contributed by atoms with Gasteiger partial charge in [0.25, 0.3) is 0 Å². The van der Waals surface area contributed by atoms with Crippen LogP contribution in [0.5, 0.6) is 0 Å². The Morgan fingerprint density at radius 2 is 1.85 bits per heavy atom. The molecule has 1 aromatic rings. The number of ether oxygens (including phenoxy) is 1. The Bertz CT molecular complexity index is 1110. The van der Waals surface area contributed by atoms with Crippen molar-refractivity contribution in [2.45, 2.75) is 77.2 Å². The number of hydrogen-bond acceptors (Lipinski definition) is 5. The molecule has 1 saturated carbocycles. The van der Waals surface area contributed by atoms with Gasteiger partial charge >= 0.3 is 12.1 Å². The van der Waals surface area contributed by atoms with Gasteiger partial charge in [-0.1, -0.05) is 74.6 Å². The summed E-state index contributed by atoms with van der Waals surface area (Å²) in [5, 5.41) is 19.8. The van der Waals surface area contributed by atoms with Crippen molar-refractivity contribution in [3.8, 4) is 0 Å². The van der Waals surface area contributed by atoms with Crippen LogP contribution in [0.2, 0.25) is 0 Å². The van der Waals surface area contributed by atoms with Crippen molar-refractivity contribution in [1.82, 2.24) is 15.3 Å². The summed E-state index contributed by atoms with van der Waals surface area (Å²) in [6, 6.07) is 8.60. The number of carbonyl (C=O) groups is 3. The average Bonchev–Trinajstić information content (AvgIpc) is 2.92. The van der Waals surface area contributed by atoms with Crippen molar-refractivity contribution >= 4 is 29.9 Å². The number of guanidine groups is 2. The first-order chi connectivity index (χ1) is 20.9. The Hall–Kier alpha value is -4.15. The number of hydrazine groups is 1. The Morgan fingerprint density at radius 1 is 1.17 bits per heavy atom. The van der Waals surface area contributed by atoms with E-state index in [1.807, 2.05) is 6.08 Å². The maximum absolute atomic E-state index is 12.5. The van der Waals surface area contributed by atoms with Gasteiger partial charge in [-0.3, -0.25) is 25.3 Å². The number of unbranched alkanes of at least 4 members (excludes halogenated alkanes) is 4. The van der Waals surface area contributed by atoms with Gasteiger partial charge in [-0.05, 0) is 43.6 Å². The van der Waals surface area contributed by atoms with Crippen LogP contribution in [0.1, 0.15) is 80.3 Å². The summed E-state index contributed by atoms with van der Waals surface area (Å²) < 4.78 is 27.9. The molecule has 0 bridgehead atoms. The Balaban J connectivity index is 0.000000912. The van der Waals surface area contributed by atoms with Crippen molar-refractivity contribution in [2.75, 3.05) is 13.5 Å². The van der Waals surface area contributed by atoms with Crippen LogP contribution in [0, 0.1) is 11.3 Å². The number of hydrogen-bond donors (Lipinski definition) is 4. The van der Waals surface area contributed by atoms with E-state index in [0.29, 0.717) is 23.4 Å². The van der Waals surface area contributed by atoms with Crippen LogP contribution in [0.4, 0.5) is 4.79 Å². The van der Waals surface area contributed by atoms with Crippen LogP contribution in [0.3, 0.4) is 0 Å². The van der Waals surface area contributed by atoms with Crippen LogP contribution < -0.4 is 11.1 Å². The van der Waals surface area contributed by atoms with Crippen molar-refractivity contribution in [1.29, 1.82) is 5.41 Å². The predicted molar refractivity (Wildman–Crippen MR) is 161 cm³/mol. The van der Waals surface area contributed by atoms with E-state index in [1.54, 1.807) is 36.4 Å². The molecular formula is C30H46N6O5. The van der Waals surface area contributed by atoms with Crippen molar-refractivity contribution in [3.63, 3.8) is 0 Å². The number of benzene rings is 1. The van der Waals surface area contributed by atoms with Crippen LogP contribution in [0.15, 0.2) is 60.6 Å². The van der Waals surface area contributed by atoms with Crippen molar-refractivity contribution in [3.05, 3.63) is 61.2 Å². The fourth-order valence-corrected chi connectivity index (χ4v) is 3.76. The topological polar surface area (TPSA) is 161 Å². The molecule has 0 saturated heterocycles. The molecule has 0 spiro atoms. The minimum absolute atomic E-state index is 0.00994. The highest BCUT2D eigenvalue weighted by atomic mass is 16.5. The molecule has 1 fully saturated rings. The second kappa shape index (κ2) is 20.7. The van der Waals surface area contributed by atoms with Gasteiger partial charge in [-0.2, -0.15) is 0 Å². The summed E-state index contributed by atoms with van der Waals surface area (Å²) >= 11 is 0. The molecule has 0 radical (unpaired) electrons. The molecule has 1 aliphatic rings. The van der Waals surface area contributed by atoms with Gasteiger partial charge < -0.3 is 15.6 Å². The molecule has 0 aromatic heterocycles. The summed E-state index contributed by atoms with van der Waals surface area (Å²) in [6.45, 7) is 2.93. The van der Waals surface area contributed by atoms with Gasteiger partial charge in [0, 0.05) is 17.5 Å². The maximum atomic E-state index is 12.5. The van der Waals surface area contributed by atoms with E-state index in [4.69, 9.17) is 20.0 Å². The smallest absolute Gasteiger partial charge is 0.437 e. The van der Waals surface area contributed by atoms with Crippen molar-refractivity contribution < 1.29 is 28.3 Å². The number of carboxylic acid groups (broad SMARTS) is 1. The van der Waals surface area contributed by atoms with Gasteiger partial charge in [0.1, 0.15) is 13.2 Å². The molecule has 0 aliphatic heterocycles. The Kier molecular flexibility index (Phi) is 15.1. The van der Waals surface area contributed by atoms with E-state index >= 15 is 0 Å². The monoisotopic (exact) mass is 573 g/mol. The summed E-state index contributed by atoms with van der Waals surface area (Å²) in [4.78, 5) is 39.9. The third kappa shape index (κ3) is 15.9. The first-order valence-electron chi connectivity index (χ1n) is 15.3. The van der Waals surface area contributed by atoms with Gasteiger partial charge in [-0.15, -0.1) is 18.2 Å². The summed E-state index contributed by atoms with van der Waals surface area (Å²) in [5.74, 6) is -2.92. The van der Waals surface area contributed by atoms with Gasteiger partial charge in [0.05, 0.1) is 0 Å². The molecule has 5 N–H and O–H groups in total. The number of nitrogens with two attached hydrogens (primary N) is 1. The normalized spacial score (nSPS) is 14.0.